The highest BCUT2D eigenvalue weighted by molar-refractivity contribution is 6.01. The molecule has 1 unspecified atom stereocenters. The Balaban J connectivity index is 1.43. The van der Waals surface area contributed by atoms with E-state index in [2.05, 4.69) is 22.4 Å². The predicted octanol–water partition coefficient (Wildman–Crippen LogP) is 4.72. The number of amides is 2. The van der Waals surface area contributed by atoms with Crippen molar-refractivity contribution in [3.05, 3.63) is 66.0 Å². The number of para-hydroxylation sites is 2. The average Bonchev–Trinajstić information content (AvgIpc) is 3.02. The third-order valence-corrected chi connectivity index (χ3v) is 7.52. The van der Waals surface area contributed by atoms with Gasteiger partial charge in [-0.1, -0.05) is 68.1 Å². The van der Waals surface area contributed by atoms with E-state index in [4.69, 9.17) is 0 Å². The molecule has 0 saturated heterocycles. The summed E-state index contributed by atoms with van der Waals surface area (Å²) in [6.45, 7) is 2.86. The summed E-state index contributed by atoms with van der Waals surface area (Å²) in [6, 6.07) is 18.3. The van der Waals surface area contributed by atoms with Gasteiger partial charge in [0.15, 0.2) is 5.82 Å². The number of aromatic nitrogens is 2. The maximum absolute atomic E-state index is 13.8. The molecule has 2 amide bonds. The molecule has 0 spiro atoms. The van der Waals surface area contributed by atoms with Crippen LogP contribution in [0.25, 0.3) is 11.0 Å². The lowest BCUT2D eigenvalue weighted by Gasteiger charge is -2.44. The maximum Gasteiger partial charge on any atom is 0.290 e. The first-order valence-corrected chi connectivity index (χ1v) is 12.7. The molecule has 1 atom stereocenters. The molecule has 1 aliphatic carbocycles. The normalized spacial score (nSPS) is 21.3. The molecule has 0 bridgehead atoms. The highest BCUT2D eigenvalue weighted by atomic mass is 16.2. The zero-order valence-electron chi connectivity index (χ0n) is 20.0. The van der Waals surface area contributed by atoms with E-state index in [0.717, 1.165) is 49.6 Å². The summed E-state index contributed by atoms with van der Waals surface area (Å²) in [5.74, 6) is 0.227. The molecule has 0 radical (unpaired) electrons. The molecule has 5 rings (SSSR count). The van der Waals surface area contributed by atoms with Crippen LogP contribution in [0.5, 0.6) is 0 Å². The highest BCUT2D eigenvalue weighted by Crippen LogP contribution is 2.31. The summed E-state index contributed by atoms with van der Waals surface area (Å²) in [7, 11) is 0. The largest absolute Gasteiger partial charge is 0.351 e. The van der Waals surface area contributed by atoms with Gasteiger partial charge in [-0.15, -0.1) is 0 Å². The molecule has 1 aromatic heterocycles. The van der Waals surface area contributed by atoms with Crippen molar-refractivity contribution in [2.24, 2.45) is 0 Å². The van der Waals surface area contributed by atoms with Gasteiger partial charge in [0, 0.05) is 12.6 Å². The Bertz CT molecular complexity index is 1160. The molecule has 1 saturated carbocycles. The Hall–Kier alpha value is -3.15. The van der Waals surface area contributed by atoms with Crippen LogP contribution < -0.4 is 5.32 Å². The number of hydrogen-bond acceptors (Lipinski definition) is 3. The van der Waals surface area contributed by atoms with Gasteiger partial charge in [-0.3, -0.25) is 9.59 Å². The molecule has 34 heavy (non-hydrogen) atoms. The van der Waals surface area contributed by atoms with Crippen molar-refractivity contribution in [3.8, 4) is 0 Å². The topological polar surface area (TPSA) is 67.2 Å². The number of fused-ring (bicyclic) bond motifs is 3. The van der Waals surface area contributed by atoms with Crippen LogP contribution in [0.2, 0.25) is 0 Å². The lowest BCUT2D eigenvalue weighted by atomic mass is 9.93. The van der Waals surface area contributed by atoms with Crippen LogP contribution in [0, 0.1) is 0 Å². The number of nitrogens with one attached hydrogen (secondary N) is 1. The first kappa shape index (κ1) is 22.6. The number of benzene rings is 2. The Labute approximate surface area is 201 Å². The van der Waals surface area contributed by atoms with E-state index in [-0.39, 0.29) is 17.9 Å². The predicted molar refractivity (Wildman–Crippen MR) is 134 cm³/mol. The zero-order valence-corrected chi connectivity index (χ0v) is 20.0. The number of imidazole rings is 1. The number of carbonyl (C=O) groups excluding carboxylic acids is 2. The molecular formula is C28H34N4O2. The van der Waals surface area contributed by atoms with Crippen LogP contribution in [0.4, 0.5) is 0 Å². The Kier molecular flexibility index (Phi) is 6.40. The minimum absolute atomic E-state index is 0.0455. The summed E-state index contributed by atoms with van der Waals surface area (Å²) in [5, 5.41) is 3.33. The van der Waals surface area contributed by atoms with Gasteiger partial charge >= 0.3 is 0 Å². The van der Waals surface area contributed by atoms with Crippen molar-refractivity contribution < 1.29 is 9.59 Å². The lowest BCUT2D eigenvalue weighted by molar-refractivity contribution is -0.133. The summed E-state index contributed by atoms with van der Waals surface area (Å²) in [6.07, 6.45) is 8.46. The number of nitrogens with zero attached hydrogens (tertiary/aromatic N) is 3. The number of rotatable bonds is 6. The molecule has 3 aromatic rings. The van der Waals surface area contributed by atoms with E-state index in [1.165, 1.54) is 18.4 Å². The standard InChI is InChI=1S/C28H34N4O2/c1-28(27(34)29-22-15-7-2-3-8-16-22)20-31-24-18-10-9-17-23(24)30-25(31)26(33)32(28)19-11-14-21-12-5-4-6-13-21/h4-6,9-10,12-13,17-18,22H,2-3,7-8,11,14-16,19-20H2,1H3,(H,29,34). The summed E-state index contributed by atoms with van der Waals surface area (Å²) in [5.41, 5.74) is 1.98. The maximum atomic E-state index is 13.8. The molecule has 1 N–H and O–H groups in total. The van der Waals surface area contributed by atoms with Crippen LogP contribution >= 0.6 is 0 Å². The van der Waals surface area contributed by atoms with Gasteiger partial charge < -0.3 is 14.8 Å². The molecule has 6 nitrogen and oxygen atoms in total. The van der Waals surface area contributed by atoms with E-state index in [9.17, 15) is 9.59 Å². The molecule has 1 aliphatic heterocycles. The van der Waals surface area contributed by atoms with Crippen LogP contribution in [-0.4, -0.2) is 44.4 Å². The molecule has 2 aliphatic rings. The second-order valence-electron chi connectivity index (χ2n) is 9.99. The van der Waals surface area contributed by atoms with E-state index < -0.39 is 5.54 Å². The molecule has 2 heterocycles. The van der Waals surface area contributed by atoms with Gasteiger partial charge in [-0.05, 0) is 50.3 Å². The molecule has 6 heteroatoms. The molecule has 1 fully saturated rings. The van der Waals surface area contributed by atoms with Gasteiger partial charge in [0.05, 0.1) is 17.6 Å². The number of carbonyl (C=O) groups is 2. The van der Waals surface area contributed by atoms with Crippen molar-refractivity contribution in [2.75, 3.05) is 6.54 Å². The molecule has 178 valence electrons. The van der Waals surface area contributed by atoms with E-state index in [1.54, 1.807) is 4.90 Å². The van der Waals surface area contributed by atoms with Crippen molar-refractivity contribution in [2.45, 2.75) is 76.4 Å². The number of aryl methyl sites for hydroxylation is 1. The van der Waals surface area contributed by atoms with Gasteiger partial charge in [0.25, 0.3) is 5.91 Å². The van der Waals surface area contributed by atoms with E-state index >= 15 is 0 Å². The summed E-state index contributed by atoms with van der Waals surface area (Å²) >= 11 is 0. The SMILES string of the molecule is CC1(C(=O)NC2CCCCCC2)Cn2c(nc3ccccc32)C(=O)N1CCCc1ccccc1. The summed E-state index contributed by atoms with van der Waals surface area (Å²) < 4.78 is 1.94. The minimum Gasteiger partial charge on any atom is -0.351 e. The quantitative estimate of drug-likeness (QED) is 0.544. The zero-order chi connectivity index (χ0) is 23.5. The second kappa shape index (κ2) is 9.61. The summed E-state index contributed by atoms with van der Waals surface area (Å²) in [4.78, 5) is 34.0. The van der Waals surface area contributed by atoms with Crippen LogP contribution in [0.3, 0.4) is 0 Å². The van der Waals surface area contributed by atoms with Crippen LogP contribution in [-0.2, 0) is 17.8 Å². The van der Waals surface area contributed by atoms with Gasteiger partial charge in [0.2, 0.25) is 5.91 Å². The fourth-order valence-electron chi connectivity index (χ4n) is 5.53. The fraction of sp³-hybridized carbons (Fsp3) is 0.464. The number of hydrogen-bond donors (Lipinski definition) is 1. The third kappa shape index (κ3) is 4.33. The van der Waals surface area contributed by atoms with Gasteiger partial charge in [-0.25, -0.2) is 4.98 Å². The highest BCUT2D eigenvalue weighted by Gasteiger charge is 2.48. The monoisotopic (exact) mass is 458 g/mol. The van der Waals surface area contributed by atoms with E-state index in [0.29, 0.717) is 18.9 Å². The van der Waals surface area contributed by atoms with Crippen LogP contribution in [0.1, 0.15) is 68.1 Å². The second-order valence-corrected chi connectivity index (χ2v) is 9.99. The van der Waals surface area contributed by atoms with Crippen molar-refractivity contribution in [1.82, 2.24) is 19.8 Å². The average molecular weight is 459 g/mol. The Morgan fingerprint density at radius 2 is 1.74 bits per heavy atom. The van der Waals surface area contributed by atoms with Crippen molar-refractivity contribution in [3.63, 3.8) is 0 Å². The van der Waals surface area contributed by atoms with Gasteiger partial charge in [-0.2, -0.15) is 0 Å². The van der Waals surface area contributed by atoms with E-state index in [1.807, 2.05) is 54.0 Å². The Morgan fingerprint density at radius 3 is 2.50 bits per heavy atom. The first-order chi connectivity index (χ1) is 16.6. The smallest absolute Gasteiger partial charge is 0.290 e. The first-order valence-electron chi connectivity index (χ1n) is 12.7. The van der Waals surface area contributed by atoms with Crippen molar-refractivity contribution in [1.29, 1.82) is 0 Å². The molecule has 2 aromatic carbocycles. The Morgan fingerprint density at radius 1 is 1.03 bits per heavy atom. The van der Waals surface area contributed by atoms with Crippen molar-refractivity contribution >= 4 is 22.8 Å². The molecular weight excluding hydrogens is 424 g/mol. The van der Waals surface area contributed by atoms with Crippen LogP contribution in [0.15, 0.2) is 54.6 Å². The fourth-order valence-corrected chi connectivity index (χ4v) is 5.53. The third-order valence-electron chi connectivity index (χ3n) is 7.52. The van der Waals surface area contributed by atoms with Gasteiger partial charge in [0.1, 0.15) is 5.54 Å². The minimum atomic E-state index is -0.962. The lowest BCUT2D eigenvalue weighted by Crippen LogP contribution is -2.65.